The van der Waals surface area contributed by atoms with Crippen LogP contribution in [-0.2, 0) is 19.4 Å². The molecule has 2 heterocycles. The van der Waals surface area contributed by atoms with Gasteiger partial charge in [-0.3, -0.25) is 14.6 Å². The van der Waals surface area contributed by atoms with Gasteiger partial charge in [-0.15, -0.1) is 0 Å². The zero-order chi connectivity index (χ0) is 14.4. The molecule has 0 aromatic carbocycles. The van der Waals surface area contributed by atoms with Crippen molar-refractivity contribution < 1.29 is 0 Å². The highest BCUT2D eigenvalue weighted by Crippen LogP contribution is 2.17. The van der Waals surface area contributed by atoms with Gasteiger partial charge in [0.2, 0.25) is 0 Å². The van der Waals surface area contributed by atoms with Crippen LogP contribution in [0.1, 0.15) is 43.9 Å². The Hall–Kier alpha value is -1.75. The first-order valence-corrected chi connectivity index (χ1v) is 7.33. The molecule has 5 heteroatoms. The van der Waals surface area contributed by atoms with E-state index in [2.05, 4.69) is 51.9 Å². The molecule has 0 aliphatic carbocycles. The summed E-state index contributed by atoms with van der Waals surface area (Å²) >= 11 is 0. The Balaban J connectivity index is 2.22. The number of nitrogens with zero attached hydrogens (tertiary/aromatic N) is 4. The van der Waals surface area contributed by atoms with E-state index in [1.165, 1.54) is 5.69 Å². The number of likely N-dealkylation sites (N-methyl/N-ethyl adjacent to an activating group) is 1. The first-order chi connectivity index (χ1) is 9.78. The third-order valence-corrected chi connectivity index (χ3v) is 3.38. The summed E-state index contributed by atoms with van der Waals surface area (Å²) in [5, 5.41) is 8.09. The van der Waals surface area contributed by atoms with Crippen LogP contribution in [0.4, 0.5) is 0 Å². The summed E-state index contributed by atoms with van der Waals surface area (Å²) in [7, 11) is 0. The lowest BCUT2D eigenvalue weighted by atomic mass is 10.1. The van der Waals surface area contributed by atoms with Gasteiger partial charge in [0.05, 0.1) is 17.4 Å². The molecule has 2 aromatic heterocycles. The molecule has 0 fully saturated rings. The summed E-state index contributed by atoms with van der Waals surface area (Å²) in [5.41, 5.74) is 3.38. The van der Waals surface area contributed by atoms with Crippen LogP contribution < -0.4 is 5.32 Å². The molecule has 1 unspecified atom stereocenters. The van der Waals surface area contributed by atoms with E-state index in [0.29, 0.717) is 0 Å². The molecule has 2 rings (SSSR count). The number of aromatic nitrogens is 4. The third-order valence-electron chi connectivity index (χ3n) is 3.38. The number of aryl methyl sites for hydroxylation is 2. The van der Waals surface area contributed by atoms with E-state index in [0.717, 1.165) is 37.3 Å². The smallest absolute Gasteiger partial charge is 0.0760 e. The Morgan fingerprint density at radius 3 is 2.70 bits per heavy atom. The van der Waals surface area contributed by atoms with Gasteiger partial charge in [-0.1, -0.05) is 13.8 Å². The summed E-state index contributed by atoms with van der Waals surface area (Å²) in [6.07, 6.45) is 7.14. The summed E-state index contributed by atoms with van der Waals surface area (Å²) in [6.45, 7) is 8.17. The summed E-state index contributed by atoms with van der Waals surface area (Å²) in [5.74, 6) is 0. The van der Waals surface area contributed by atoms with Gasteiger partial charge < -0.3 is 5.32 Å². The van der Waals surface area contributed by atoms with Crippen LogP contribution in [0.15, 0.2) is 24.7 Å². The van der Waals surface area contributed by atoms with E-state index in [1.807, 2.05) is 6.20 Å². The molecular formula is C15H23N5. The van der Waals surface area contributed by atoms with Crippen molar-refractivity contribution in [3.63, 3.8) is 0 Å². The second kappa shape index (κ2) is 7.14. The molecule has 20 heavy (non-hydrogen) atoms. The largest absolute Gasteiger partial charge is 0.309 e. The second-order valence-electron chi connectivity index (χ2n) is 4.74. The van der Waals surface area contributed by atoms with Gasteiger partial charge in [0, 0.05) is 37.3 Å². The summed E-state index contributed by atoms with van der Waals surface area (Å²) < 4.78 is 2.08. The molecule has 0 saturated carbocycles. The minimum atomic E-state index is 0.181. The van der Waals surface area contributed by atoms with Crippen LogP contribution in [0.25, 0.3) is 0 Å². The van der Waals surface area contributed by atoms with E-state index < -0.39 is 0 Å². The molecule has 1 N–H and O–H groups in total. The van der Waals surface area contributed by atoms with Crippen LogP contribution in [0, 0.1) is 0 Å². The van der Waals surface area contributed by atoms with E-state index in [4.69, 9.17) is 0 Å². The maximum absolute atomic E-state index is 4.61. The van der Waals surface area contributed by atoms with E-state index >= 15 is 0 Å². The van der Waals surface area contributed by atoms with Crippen molar-refractivity contribution >= 4 is 0 Å². The van der Waals surface area contributed by atoms with Gasteiger partial charge in [-0.25, -0.2) is 0 Å². The van der Waals surface area contributed by atoms with Crippen molar-refractivity contribution in [2.45, 2.75) is 46.2 Å². The number of hydrogen-bond donors (Lipinski definition) is 1. The molecule has 108 valence electrons. The summed E-state index contributed by atoms with van der Waals surface area (Å²) in [4.78, 5) is 8.59. The summed E-state index contributed by atoms with van der Waals surface area (Å²) in [6, 6.07) is 2.38. The molecule has 0 aliphatic rings. The van der Waals surface area contributed by atoms with E-state index in [9.17, 15) is 0 Å². The Morgan fingerprint density at radius 2 is 2.10 bits per heavy atom. The Labute approximate surface area is 120 Å². The van der Waals surface area contributed by atoms with E-state index in [-0.39, 0.29) is 6.04 Å². The Bertz CT molecular complexity index is 520. The fourth-order valence-corrected chi connectivity index (χ4v) is 2.35. The highest BCUT2D eigenvalue weighted by atomic mass is 15.3. The molecule has 0 saturated heterocycles. The monoisotopic (exact) mass is 273 g/mol. The zero-order valence-electron chi connectivity index (χ0n) is 12.5. The molecular weight excluding hydrogens is 250 g/mol. The second-order valence-corrected chi connectivity index (χ2v) is 4.74. The fraction of sp³-hybridized carbons (Fsp3) is 0.533. The van der Waals surface area contributed by atoms with Crippen LogP contribution in [-0.4, -0.2) is 26.3 Å². The van der Waals surface area contributed by atoms with Crippen LogP contribution in [0.2, 0.25) is 0 Å². The van der Waals surface area contributed by atoms with Crippen molar-refractivity contribution in [3.05, 3.63) is 41.7 Å². The average Bonchev–Trinajstić information content (AvgIpc) is 2.90. The molecule has 2 aromatic rings. The standard InChI is InChI=1S/C15H23N5/c1-4-12-9-13(20(6-3)19-12)10-14(17-5-2)15-11-16-7-8-18-15/h7-9,11,14,17H,4-6,10H2,1-3H3. The Kier molecular flexibility index (Phi) is 5.24. The van der Waals surface area contributed by atoms with E-state index in [1.54, 1.807) is 12.4 Å². The van der Waals surface area contributed by atoms with Crippen molar-refractivity contribution in [2.75, 3.05) is 6.54 Å². The van der Waals surface area contributed by atoms with Gasteiger partial charge in [-0.05, 0) is 26.0 Å². The van der Waals surface area contributed by atoms with Gasteiger partial charge in [0.15, 0.2) is 0 Å². The minimum absolute atomic E-state index is 0.181. The predicted octanol–water partition coefficient (Wildman–Crippen LogP) is 2.15. The lowest BCUT2D eigenvalue weighted by Crippen LogP contribution is -2.25. The number of rotatable bonds is 7. The first-order valence-electron chi connectivity index (χ1n) is 7.33. The Morgan fingerprint density at radius 1 is 1.25 bits per heavy atom. The first kappa shape index (κ1) is 14.7. The van der Waals surface area contributed by atoms with Crippen LogP contribution in [0.3, 0.4) is 0 Å². The van der Waals surface area contributed by atoms with Crippen LogP contribution in [0.5, 0.6) is 0 Å². The number of hydrogen-bond acceptors (Lipinski definition) is 4. The quantitative estimate of drug-likeness (QED) is 0.840. The molecule has 5 nitrogen and oxygen atoms in total. The zero-order valence-corrected chi connectivity index (χ0v) is 12.5. The van der Waals surface area contributed by atoms with Gasteiger partial charge in [0.1, 0.15) is 0 Å². The normalized spacial score (nSPS) is 12.6. The molecule has 0 aliphatic heterocycles. The topological polar surface area (TPSA) is 55.6 Å². The lowest BCUT2D eigenvalue weighted by molar-refractivity contribution is 0.505. The van der Waals surface area contributed by atoms with Crippen molar-refractivity contribution in [2.24, 2.45) is 0 Å². The molecule has 1 atom stereocenters. The maximum atomic E-state index is 4.61. The molecule has 0 bridgehead atoms. The van der Waals surface area contributed by atoms with Gasteiger partial charge >= 0.3 is 0 Å². The van der Waals surface area contributed by atoms with Gasteiger partial charge in [-0.2, -0.15) is 5.10 Å². The van der Waals surface area contributed by atoms with Gasteiger partial charge in [0.25, 0.3) is 0 Å². The lowest BCUT2D eigenvalue weighted by Gasteiger charge is -2.17. The van der Waals surface area contributed by atoms with Crippen LogP contribution >= 0.6 is 0 Å². The fourth-order valence-electron chi connectivity index (χ4n) is 2.35. The predicted molar refractivity (Wildman–Crippen MR) is 79.4 cm³/mol. The van der Waals surface area contributed by atoms with Crippen molar-refractivity contribution in [1.82, 2.24) is 25.1 Å². The SMILES string of the molecule is CCNC(Cc1cc(CC)nn1CC)c1cnccn1. The minimum Gasteiger partial charge on any atom is -0.309 e. The highest BCUT2D eigenvalue weighted by Gasteiger charge is 2.16. The molecule has 0 radical (unpaired) electrons. The number of nitrogens with one attached hydrogen (secondary N) is 1. The molecule has 0 spiro atoms. The highest BCUT2D eigenvalue weighted by molar-refractivity contribution is 5.15. The maximum Gasteiger partial charge on any atom is 0.0760 e. The third kappa shape index (κ3) is 3.42. The average molecular weight is 273 g/mol. The molecule has 0 amide bonds. The van der Waals surface area contributed by atoms with Crippen molar-refractivity contribution in [1.29, 1.82) is 0 Å². The van der Waals surface area contributed by atoms with Crippen molar-refractivity contribution in [3.8, 4) is 0 Å².